The van der Waals surface area contributed by atoms with E-state index >= 15 is 0 Å². The van der Waals surface area contributed by atoms with E-state index in [4.69, 9.17) is 0 Å². The summed E-state index contributed by atoms with van der Waals surface area (Å²) in [5.74, 6) is 0.643. The van der Waals surface area contributed by atoms with Crippen molar-refractivity contribution >= 4 is 17.4 Å². The van der Waals surface area contributed by atoms with Crippen LogP contribution in [0.25, 0.3) is 5.69 Å². The molecule has 3 heterocycles. The Morgan fingerprint density at radius 1 is 1.28 bits per heavy atom. The molecule has 0 saturated heterocycles. The van der Waals surface area contributed by atoms with Crippen molar-refractivity contribution in [2.45, 2.75) is 26.7 Å². The van der Waals surface area contributed by atoms with E-state index in [9.17, 15) is 4.79 Å². The van der Waals surface area contributed by atoms with Crippen LogP contribution in [-0.2, 0) is 11.2 Å². The minimum atomic E-state index is -0.120. The Kier molecular flexibility index (Phi) is 5.16. The molecule has 6 heteroatoms. The number of nitrogens with zero attached hydrogens (tertiary/aromatic N) is 4. The van der Waals surface area contributed by atoms with Crippen LogP contribution in [0, 0.1) is 12.8 Å². The maximum absolute atomic E-state index is 13.4. The van der Waals surface area contributed by atoms with Crippen LogP contribution in [0.15, 0.2) is 67.3 Å². The second-order valence-electron chi connectivity index (χ2n) is 7.40. The Hall–Kier alpha value is -3.41. The quantitative estimate of drug-likeness (QED) is 0.715. The number of anilines is 2. The number of rotatable bonds is 5. The first kappa shape index (κ1) is 18.9. The van der Waals surface area contributed by atoms with Gasteiger partial charge in [0.1, 0.15) is 0 Å². The zero-order valence-electron chi connectivity index (χ0n) is 16.8. The van der Waals surface area contributed by atoms with Crippen LogP contribution in [-0.4, -0.2) is 27.2 Å². The van der Waals surface area contributed by atoms with Gasteiger partial charge in [-0.1, -0.05) is 19.6 Å². The third-order valence-electron chi connectivity index (χ3n) is 5.37. The zero-order valence-corrected chi connectivity index (χ0v) is 16.8. The Labute approximate surface area is 170 Å². The van der Waals surface area contributed by atoms with Crippen molar-refractivity contribution < 1.29 is 4.79 Å². The molecule has 1 aromatic carbocycles. The van der Waals surface area contributed by atoms with E-state index in [2.05, 4.69) is 54.0 Å². The van der Waals surface area contributed by atoms with Gasteiger partial charge in [-0.2, -0.15) is 5.10 Å². The maximum atomic E-state index is 13.4. The molecule has 1 unspecified atom stereocenters. The van der Waals surface area contributed by atoms with Crippen molar-refractivity contribution in [2.75, 3.05) is 16.8 Å². The Morgan fingerprint density at radius 3 is 2.86 bits per heavy atom. The highest BCUT2D eigenvalue weighted by molar-refractivity contribution is 5.98. The number of hydrogen-bond donors (Lipinski definition) is 1. The van der Waals surface area contributed by atoms with E-state index in [1.165, 1.54) is 5.56 Å². The van der Waals surface area contributed by atoms with Gasteiger partial charge >= 0.3 is 0 Å². The molecule has 0 saturated carbocycles. The molecule has 29 heavy (non-hydrogen) atoms. The molecule has 0 fully saturated rings. The molecule has 0 aliphatic carbocycles. The molecule has 148 valence electrons. The highest BCUT2D eigenvalue weighted by atomic mass is 16.2. The molecule has 0 spiro atoms. The van der Waals surface area contributed by atoms with Crippen LogP contribution in [0.2, 0.25) is 0 Å². The van der Waals surface area contributed by atoms with Crippen molar-refractivity contribution in [1.82, 2.24) is 14.8 Å². The molecule has 6 nitrogen and oxygen atoms in total. The minimum absolute atomic E-state index is 0.0886. The standard InChI is InChI=1S/C23H25N5O/c1-4-18(14-19-8-9-20(13-16(19)2)28-12-6-11-25-28)23(29)27-15-17(3)26-21-7-5-10-24-22(21)27/h5-13,18,26H,3-4,14-15H2,1-2H3. The van der Waals surface area contributed by atoms with Gasteiger partial charge in [0.2, 0.25) is 5.91 Å². The summed E-state index contributed by atoms with van der Waals surface area (Å²) in [4.78, 5) is 19.6. The molecular weight excluding hydrogens is 362 g/mol. The van der Waals surface area contributed by atoms with Crippen LogP contribution >= 0.6 is 0 Å². The number of benzene rings is 1. The van der Waals surface area contributed by atoms with E-state index in [-0.39, 0.29) is 11.8 Å². The van der Waals surface area contributed by atoms with Crippen molar-refractivity contribution in [3.05, 3.63) is 78.4 Å². The lowest BCUT2D eigenvalue weighted by Crippen LogP contribution is -2.42. The maximum Gasteiger partial charge on any atom is 0.232 e. The van der Waals surface area contributed by atoms with Crippen molar-refractivity contribution in [3.8, 4) is 5.69 Å². The van der Waals surface area contributed by atoms with Crippen LogP contribution < -0.4 is 10.2 Å². The summed E-state index contributed by atoms with van der Waals surface area (Å²) < 4.78 is 1.84. The van der Waals surface area contributed by atoms with Gasteiger partial charge in [0.15, 0.2) is 5.82 Å². The molecular formula is C23H25N5O. The van der Waals surface area contributed by atoms with Crippen LogP contribution in [0.1, 0.15) is 24.5 Å². The van der Waals surface area contributed by atoms with E-state index < -0.39 is 0 Å². The predicted molar refractivity (Wildman–Crippen MR) is 115 cm³/mol. The van der Waals surface area contributed by atoms with Gasteiger partial charge in [0.05, 0.1) is 17.9 Å². The van der Waals surface area contributed by atoms with E-state index in [1.54, 1.807) is 17.3 Å². The number of aryl methyl sites for hydroxylation is 1. The monoisotopic (exact) mass is 387 g/mol. The second kappa shape index (κ2) is 7.91. The molecule has 1 atom stereocenters. The number of carbonyl (C=O) groups is 1. The van der Waals surface area contributed by atoms with E-state index in [0.29, 0.717) is 18.8 Å². The number of carbonyl (C=O) groups excluding carboxylic acids is 1. The molecule has 1 N–H and O–H groups in total. The number of fused-ring (bicyclic) bond motifs is 1. The average Bonchev–Trinajstić information content (AvgIpc) is 3.26. The van der Waals surface area contributed by atoms with Gasteiger partial charge in [-0.25, -0.2) is 9.67 Å². The summed E-state index contributed by atoms with van der Waals surface area (Å²) in [7, 11) is 0. The third-order valence-corrected chi connectivity index (χ3v) is 5.37. The van der Waals surface area contributed by atoms with Gasteiger partial charge in [0, 0.05) is 30.2 Å². The summed E-state index contributed by atoms with van der Waals surface area (Å²) in [6.45, 7) is 8.61. The molecule has 4 rings (SSSR count). The van der Waals surface area contributed by atoms with Crippen molar-refractivity contribution in [2.24, 2.45) is 5.92 Å². The Morgan fingerprint density at radius 2 is 2.14 bits per heavy atom. The first-order valence-electron chi connectivity index (χ1n) is 9.87. The lowest BCUT2D eigenvalue weighted by Gasteiger charge is -2.32. The topological polar surface area (TPSA) is 63.1 Å². The molecule has 1 aliphatic rings. The molecule has 0 bridgehead atoms. The van der Waals surface area contributed by atoms with Crippen LogP contribution in [0.5, 0.6) is 0 Å². The number of aromatic nitrogens is 3. The Balaban J connectivity index is 1.57. The third kappa shape index (κ3) is 3.78. The average molecular weight is 387 g/mol. The molecule has 3 aromatic rings. The second-order valence-corrected chi connectivity index (χ2v) is 7.40. The van der Waals surface area contributed by atoms with Gasteiger partial charge in [-0.05, 0) is 61.2 Å². The SMILES string of the molecule is C=C1CN(C(=O)C(CC)Cc2ccc(-n3cccn3)cc2C)c2ncccc2N1. The minimum Gasteiger partial charge on any atom is -0.355 e. The number of nitrogens with one attached hydrogen (secondary N) is 1. The van der Waals surface area contributed by atoms with Gasteiger partial charge in [-0.15, -0.1) is 0 Å². The zero-order chi connectivity index (χ0) is 20.4. The molecule has 1 aliphatic heterocycles. The molecule has 0 radical (unpaired) electrons. The predicted octanol–water partition coefficient (Wildman–Crippen LogP) is 4.12. The van der Waals surface area contributed by atoms with Crippen molar-refractivity contribution in [3.63, 3.8) is 0 Å². The normalized spacial score (nSPS) is 14.3. The fraction of sp³-hybridized carbons (Fsp3) is 0.261. The Bertz CT molecular complexity index is 1040. The summed E-state index contributed by atoms with van der Waals surface area (Å²) in [5, 5.41) is 7.51. The van der Waals surface area contributed by atoms with Gasteiger partial charge in [-0.3, -0.25) is 9.69 Å². The highest BCUT2D eigenvalue weighted by Gasteiger charge is 2.30. The summed E-state index contributed by atoms with van der Waals surface area (Å²) in [5.41, 5.74) is 4.98. The summed E-state index contributed by atoms with van der Waals surface area (Å²) in [6.07, 6.45) is 6.86. The first-order chi connectivity index (χ1) is 14.1. The van der Waals surface area contributed by atoms with E-state index in [1.807, 2.05) is 29.1 Å². The lowest BCUT2D eigenvalue weighted by atomic mass is 9.92. The fourth-order valence-electron chi connectivity index (χ4n) is 3.75. The summed E-state index contributed by atoms with van der Waals surface area (Å²) >= 11 is 0. The largest absolute Gasteiger partial charge is 0.355 e. The lowest BCUT2D eigenvalue weighted by molar-refractivity contribution is -0.122. The van der Waals surface area contributed by atoms with Gasteiger partial charge in [0.25, 0.3) is 0 Å². The van der Waals surface area contributed by atoms with Crippen LogP contribution in [0.3, 0.4) is 0 Å². The van der Waals surface area contributed by atoms with Crippen LogP contribution in [0.4, 0.5) is 11.5 Å². The highest BCUT2D eigenvalue weighted by Crippen LogP contribution is 2.31. The summed E-state index contributed by atoms with van der Waals surface area (Å²) in [6, 6.07) is 12.0. The fourth-order valence-corrected chi connectivity index (χ4v) is 3.75. The van der Waals surface area contributed by atoms with Crippen molar-refractivity contribution in [1.29, 1.82) is 0 Å². The molecule has 1 amide bonds. The smallest absolute Gasteiger partial charge is 0.232 e. The van der Waals surface area contributed by atoms with E-state index in [0.717, 1.165) is 29.1 Å². The number of amides is 1. The number of pyridine rings is 1. The van der Waals surface area contributed by atoms with Gasteiger partial charge < -0.3 is 5.32 Å². The number of hydrogen-bond acceptors (Lipinski definition) is 4. The first-order valence-corrected chi connectivity index (χ1v) is 9.87. The molecule has 2 aromatic heterocycles.